The van der Waals surface area contributed by atoms with E-state index in [0.717, 1.165) is 24.2 Å². The summed E-state index contributed by atoms with van der Waals surface area (Å²) in [7, 11) is 1.73. The Morgan fingerprint density at radius 3 is 2.77 bits per heavy atom. The van der Waals surface area contributed by atoms with Crippen molar-refractivity contribution in [3.05, 3.63) is 76.0 Å². The van der Waals surface area contributed by atoms with Crippen LogP contribution in [0.4, 0.5) is 0 Å². The molecule has 1 aromatic carbocycles. The van der Waals surface area contributed by atoms with Crippen LogP contribution in [0.2, 0.25) is 0 Å². The van der Waals surface area contributed by atoms with Crippen molar-refractivity contribution in [1.82, 2.24) is 19.4 Å². The van der Waals surface area contributed by atoms with Crippen LogP contribution in [0.1, 0.15) is 34.5 Å². The van der Waals surface area contributed by atoms with E-state index in [4.69, 9.17) is 9.72 Å². The van der Waals surface area contributed by atoms with Crippen LogP contribution in [0.3, 0.4) is 0 Å². The number of pyridine rings is 1. The molecule has 1 unspecified atom stereocenters. The van der Waals surface area contributed by atoms with Crippen LogP contribution in [-0.4, -0.2) is 45.7 Å². The van der Waals surface area contributed by atoms with Crippen LogP contribution in [0.25, 0.3) is 11.4 Å². The highest BCUT2D eigenvalue weighted by molar-refractivity contribution is 5.94. The third kappa shape index (κ3) is 5.00. The lowest BCUT2D eigenvalue weighted by molar-refractivity contribution is 0.0224. The van der Waals surface area contributed by atoms with Gasteiger partial charge in [0, 0.05) is 56.6 Å². The normalized spacial score (nSPS) is 16.4. The standard InChI is InChI=1S/C24H28N4O3/c1-17-12-19(15-27(2)24(17)30)23-26-21(16-28(23)14-18-6-4-3-5-7-18)22(29)9-8-20-13-25-10-11-31-20/h3-7,12,15-16,20,25H,8-11,13-14H2,1-2H3. The SMILES string of the molecule is Cc1cc(-c2nc(C(=O)CCC3CNCCO3)cn2Cc2ccccc2)cn(C)c1=O. The quantitative estimate of drug-likeness (QED) is 0.595. The summed E-state index contributed by atoms with van der Waals surface area (Å²) in [6.45, 7) is 4.70. The Hall–Kier alpha value is -3.03. The number of imidazole rings is 1. The fourth-order valence-electron chi connectivity index (χ4n) is 3.91. The van der Waals surface area contributed by atoms with Gasteiger partial charge in [0.05, 0.1) is 12.7 Å². The van der Waals surface area contributed by atoms with Crippen LogP contribution in [-0.2, 0) is 18.3 Å². The maximum Gasteiger partial charge on any atom is 0.253 e. The van der Waals surface area contributed by atoms with Gasteiger partial charge < -0.3 is 19.2 Å². The van der Waals surface area contributed by atoms with E-state index in [2.05, 4.69) is 5.32 Å². The van der Waals surface area contributed by atoms with Crippen molar-refractivity contribution in [2.24, 2.45) is 7.05 Å². The molecule has 1 atom stereocenters. The molecule has 0 aliphatic carbocycles. The molecule has 7 heteroatoms. The summed E-state index contributed by atoms with van der Waals surface area (Å²) in [6, 6.07) is 11.9. The summed E-state index contributed by atoms with van der Waals surface area (Å²) in [6.07, 6.45) is 4.72. The Balaban J connectivity index is 1.63. The van der Waals surface area contributed by atoms with E-state index in [1.165, 1.54) is 0 Å². The molecule has 3 heterocycles. The zero-order chi connectivity index (χ0) is 21.8. The monoisotopic (exact) mass is 420 g/mol. The van der Waals surface area contributed by atoms with Crippen molar-refractivity contribution < 1.29 is 9.53 Å². The Bertz CT molecular complexity index is 1090. The molecule has 162 valence electrons. The van der Waals surface area contributed by atoms with Crippen LogP contribution in [0.5, 0.6) is 0 Å². The second-order valence-electron chi connectivity index (χ2n) is 8.05. The molecule has 1 aliphatic rings. The average molecular weight is 421 g/mol. The molecule has 2 aromatic heterocycles. The number of aromatic nitrogens is 3. The van der Waals surface area contributed by atoms with Crippen molar-refractivity contribution >= 4 is 5.78 Å². The van der Waals surface area contributed by atoms with Crippen molar-refractivity contribution in [1.29, 1.82) is 0 Å². The van der Waals surface area contributed by atoms with Gasteiger partial charge >= 0.3 is 0 Å². The molecule has 1 N–H and O–H groups in total. The molecule has 3 aromatic rings. The smallest absolute Gasteiger partial charge is 0.253 e. The minimum absolute atomic E-state index is 0.00350. The van der Waals surface area contributed by atoms with Gasteiger partial charge in [-0.1, -0.05) is 30.3 Å². The number of Topliss-reactive ketones (excluding diaryl/α,β-unsaturated/α-hetero) is 1. The first-order valence-electron chi connectivity index (χ1n) is 10.7. The largest absolute Gasteiger partial charge is 0.376 e. The summed E-state index contributed by atoms with van der Waals surface area (Å²) in [4.78, 5) is 29.8. The molecule has 0 spiro atoms. The number of aryl methyl sites for hydroxylation is 2. The third-order valence-corrected chi connectivity index (χ3v) is 5.58. The highest BCUT2D eigenvalue weighted by Crippen LogP contribution is 2.22. The van der Waals surface area contributed by atoms with Crippen LogP contribution >= 0.6 is 0 Å². The van der Waals surface area contributed by atoms with E-state index < -0.39 is 0 Å². The first-order chi connectivity index (χ1) is 15.0. The maximum absolute atomic E-state index is 12.9. The summed E-state index contributed by atoms with van der Waals surface area (Å²) in [5, 5.41) is 3.29. The summed E-state index contributed by atoms with van der Waals surface area (Å²) < 4.78 is 9.25. The van der Waals surface area contributed by atoms with Gasteiger partial charge in [-0.25, -0.2) is 4.98 Å². The van der Waals surface area contributed by atoms with Crippen molar-refractivity contribution in [2.75, 3.05) is 19.7 Å². The number of hydrogen-bond donors (Lipinski definition) is 1. The number of morpholine rings is 1. The molecule has 1 saturated heterocycles. The van der Waals surface area contributed by atoms with Gasteiger partial charge in [-0.3, -0.25) is 9.59 Å². The minimum atomic E-state index is -0.0395. The second kappa shape index (κ2) is 9.41. The Labute approximate surface area is 181 Å². The molecule has 0 saturated carbocycles. The number of ketones is 1. The van der Waals surface area contributed by atoms with Gasteiger partial charge in [0.25, 0.3) is 5.56 Å². The molecule has 0 bridgehead atoms. The molecule has 1 fully saturated rings. The summed E-state index contributed by atoms with van der Waals surface area (Å²) in [5.41, 5.74) is 2.98. The number of hydrogen-bond acceptors (Lipinski definition) is 5. The molecule has 0 amide bonds. The van der Waals surface area contributed by atoms with Crippen LogP contribution in [0.15, 0.2) is 53.6 Å². The average Bonchev–Trinajstić information content (AvgIpc) is 3.20. The molecule has 31 heavy (non-hydrogen) atoms. The van der Waals surface area contributed by atoms with Crippen LogP contribution < -0.4 is 10.9 Å². The van der Waals surface area contributed by atoms with Gasteiger partial charge in [0.1, 0.15) is 11.5 Å². The van der Waals surface area contributed by atoms with E-state index in [0.29, 0.717) is 43.1 Å². The molecule has 0 radical (unpaired) electrons. The first kappa shape index (κ1) is 21.2. The third-order valence-electron chi connectivity index (χ3n) is 5.58. The minimum Gasteiger partial charge on any atom is -0.376 e. The number of ether oxygens (including phenoxy) is 1. The fraction of sp³-hybridized carbons (Fsp3) is 0.375. The number of carbonyl (C=O) groups excluding carboxylic acids is 1. The lowest BCUT2D eigenvalue weighted by Gasteiger charge is -2.23. The van der Waals surface area contributed by atoms with Crippen molar-refractivity contribution in [2.45, 2.75) is 32.4 Å². The Morgan fingerprint density at radius 1 is 1.26 bits per heavy atom. The van der Waals surface area contributed by atoms with Gasteiger partial charge in [0.15, 0.2) is 5.78 Å². The topological polar surface area (TPSA) is 78.2 Å². The van der Waals surface area contributed by atoms with E-state index in [1.54, 1.807) is 24.7 Å². The van der Waals surface area contributed by atoms with Gasteiger partial charge in [0.2, 0.25) is 0 Å². The highest BCUT2D eigenvalue weighted by Gasteiger charge is 2.20. The lowest BCUT2D eigenvalue weighted by atomic mass is 10.1. The molecular formula is C24H28N4O3. The maximum atomic E-state index is 12.9. The van der Waals surface area contributed by atoms with Crippen LogP contribution in [0, 0.1) is 6.92 Å². The zero-order valence-electron chi connectivity index (χ0n) is 18.0. The Morgan fingerprint density at radius 2 is 2.06 bits per heavy atom. The fourth-order valence-corrected chi connectivity index (χ4v) is 3.91. The lowest BCUT2D eigenvalue weighted by Crippen LogP contribution is -2.38. The van der Waals surface area contributed by atoms with E-state index >= 15 is 0 Å². The first-order valence-corrected chi connectivity index (χ1v) is 10.7. The number of benzene rings is 1. The number of carbonyl (C=O) groups is 1. The number of nitrogens with zero attached hydrogens (tertiary/aromatic N) is 3. The molecule has 7 nitrogen and oxygen atoms in total. The molecule has 1 aliphatic heterocycles. The van der Waals surface area contributed by atoms with E-state index in [1.807, 2.05) is 47.2 Å². The Kier molecular flexibility index (Phi) is 6.44. The number of rotatable bonds is 7. The summed E-state index contributed by atoms with van der Waals surface area (Å²) in [5.74, 6) is 0.685. The number of nitrogens with one attached hydrogen (secondary N) is 1. The molecule has 4 rings (SSSR count). The highest BCUT2D eigenvalue weighted by atomic mass is 16.5. The van der Waals surface area contributed by atoms with Gasteiger partial charge in [-0.05, 0) is 25.0 Å². The predicted molar refractivity (Wildman–Crippen MR) is 119 cm³/mol. The second-order valence-corrected chi connectivity index (χ2v) is 8.05. The predicted octanol–water partition coefficient (Wildman–Crippen LogP) is 2.56. The van der Waals surface area contributed by atoms with E-state index in [9.17, 15) is 9.59 Å². The zero-order valence-corrected chi connectivity index (χ0v) is 18.0. The van der Waals surface area contributed by atoms with Crippen molar-refractivity contribution in [3.8, 4) is 11.4 Å². The van der Waals surface area contributed by atoms with Crippen molar-refractivity contribution in [3.63, 3.8) is 0 Å². The van der Waals surface area contributed by atoms with E-state index in [-0.39, 0.29) is 17.4 Å². The van der Waals surface area contributed by atoms with Gasteiger partial charge in [-0.2, -0.15) is 0 Å². The van der Waals surface area contributed by atoms with Gasteiger partial charge in [-0.15, -0.1) is 0 Å². The molecular weight excluding hydrogens is 392 g/mol. The summed E-state index contributed by atoms with van der Waals surface area (Å²) >= 11 is 0.